The van der Waals surface area contributed by atoms with Crippen LogP contribution in [0.5, 0.6) is 0 Å². The molecule has 6 nitrogen and oxygen atoms in total. The third kappa shape index (κ3) is 4.45. The van der Waals surface area contributed by atoms with Gasteiger partial charge in [0.05, 0.1) is 35.9 Å². The quantitative estimate of drug-likeness (QED) is 0.279. The van der Waals surface area contributed by atoms with Crippen LogP contribution in [-0.4, -0.2) is 45.8 Å². The Labute approximate surface area is 166 Å². The average Bonchev–Trinajstić information content (AvgIpc) is 2.36. The highest BCUT2D eigenvalue weighted by atomic mass is 127. The van der Waals surface area contributed by atoms with Gasteiger partial charge in [0, 0.05) is 10.1 Å². The Hall–Kier alpha value is 0.400. The van der Waals surface area contributed by atoms with Crippen molar-refractivity contribution >= 4 is 97.0 Å². The van der Waals surface area contributed by atoms with Gasteiger partial charge in [0.25, 0.3) is 0 Å². The molecule has 1 rings (SSSR count). The first-order valence-corrected chi connectivity index (χ1v) is 9.14. The molecule has 0 aromatic heterocycles. The minimum Gasteiger partial charge on any atom is -0.478 e. The van der Waals surface area contributed by atoms with Gasteiger partial charge in [-0.3, -0.25) is 0 Å². The summed E-state index contributed by atoms with van der Waals surface area (Å²) in [6, 6.07) is 0. The Morgan fingerprint density at radius 3 is 1.81 bits per heavy atom. The highest BCUT2D eigenvalue weighted by molar-refractivity contribution is 14.1. The lowest BCUT2D eigenvalue weighted by Gasteiger charge is -2.18. The highest BCUT2D eigenvalue weighted by Gasteiger charge is 2.27. The molecule has 0 bridgehead atoms. The van der Waals surface area contributed by atoms with Crippen molar-refractivity contribution in [1.82, 2.24) is 0 Å². The number of carboxylic acids is 2. The molecule has 21 heavy (non-hydrogen) atoms. The van der Waals surface area contributed by atoms with Crippen molar-refractivity contribution in [1.29, 1.82) is 0 Å². The van der Waals surface area contributed by atoms with Crippen LogP contribution in [0, 0.1) is 10.7 Å². The van der Waals surface area contributed by atoms with E-state index in [9.17, 15) is 24.9 Å². The fourth-order valence-corrected chi connectivity index (χ4v) is 6.05. The van der Waals surface area contributed by atoms with Crippen molar-refractivity contribution in [2.75, 3.05) is 17.7 Å². The van der Waals surface area contributed by atoms with Gasteiger partial charge >= 0.3 is 11.9 Å². The molecule has 0 saturated heterocycles. The molecule has 0 spiro atoms. The molecule has 0 saturated carbocycles. The fourth-order valence-electron chi connectivity index (χ4n) is 1.47. The third-order valence-corrected chi connectivity index (χ3v) is 6.03. The van der Waals surface area contributed by atoms with Crippen LogP contribution in [0.25, 0.3) is 0 Å². The summed E-state index contributed by atoms with van der Waals surface area (Å²) in [5.74, 6) is -2.39. The van der Waals surface area contributed by atoms with E-state index in [-0.39, 0.29) is 27.1 Å². The number of aliphatic hydroxyl groups excluding tert-OH is 1. The van der Waals surface area contributed by atoms with E-state index in [0.717, 1.165) is 0 Å². The number of aliphatic hydroxyl groups is 1. The molecule has 0 amide bonds. The van der Waals surface area contributed by atoms with Gasteiger partial charge in [-0.2, -0.15) is 0 Å². The number of alkyl halides is 1. The summed E-state index contributed by atoms with van der Waals surface area (Å²) in [4.78, 5) is 22.7. The molecule has 1 aromatic rings. The Kier molecular flexibility index (Phi) is 7.69. The van der Waals surface area contributed by atoms with E-state index in [2.05, 4.69) is 5.32 Å². The maximum absolute atomic E-state index is 11.4. The molecular weight excluding hydrogens is 642 g/mol. The van der Waals surface area contributed by atoms with Gasteiger partial charge in [-0.05, 0) is 67.8 Å². The highest BCUT2D eigenvalue weighted by Crippen LogP contribution is 2.35. The predicted molar refractivity (Wildman–Crippen MR) is 104 cm³/mol. The Morgan fingerprint density at radius 1 is 1.05 bits per heavy atom. The van der Waals surface area contributed by atoms with Gasteiger partial charge < -0.3 is 20.6 Å². The van der Waals surface area contributed by atoms with Crippen LogP contribution in [0.2, 0.25) is 0 Å². The van der Waals surface area contributed by atoms with Crippen molar-refractivity contribution in [3.05, 3.63) is 21.8 Å². The summed E-state index contributed by atoms with van der Waals surface area (Å²) < 4.78 is 0.950. The average molecular weight is 651 g/mol. The van der Waals surface area contributed by atoms with Crippen LogP contribution in [0.3, 0.4) is 0 Å². The van der Waals surface area contributed by atoms with Crippen molar-refractivity contribution in [2.45, 2.75) is 6.10 Å². The molecule has 10 heteroatoms. The molecule has 4 N–H and O–H groups in total. The Bertz CT molecular complexity index is 555. The second-order valence-corrected chi connectivity index (χ2v) is 7.41. The van der Waals surface area contributed by atoms with E-state index in [1.165, 1.54) is 0 Å². The zero-order valence-corrected chi connectivity index (χ0v) is 17.4. The molecule has 0 aliphatic heterocycles. The van der Waals surface area contributed by atoms with Gasteiger partial charge in [0.1, 0.15) is 0 Å². The molecule has 0 heterocycles. The summed E-state index contributed by atoms with van der Waals surface area (Å²) in [5.41, 5.74) is 0.226. The fraction of sp³-hybridized carbons (Fsp3) is 0.273. The van der Waals surface area contributed by atoms with Gasteiger partial charge in [0.15, 0.2) is 0 Å². The lowest BCUT2D eigenvalue weighted by Crippen LogP contribution is -2.23. The summed E-state index contributed by atoms with van der Waals surface area (Å²) in [5, 5.41) is 30.9. The molecule has 0 fully saturated rings. The van der Waals surface area contributed by atoms with Crippen LogP contribution in [-0.2, 0) is 0 Å². The molecule has 1 unspecified atom stereocenters. The van der Waals surface area contributed by atoms with E-state index in [4.69, 9.17) is 11.6 Å². The van der Waals surface area contributed by atoms with Crippen LogP contribution in [0.1, 0.15) is 20.7 Å². The number of hydrogen-bond donors (Lipinski definition) is 4. The monoisotopic (exact) mass is 651 g/mol. The van der Waals surface area contributed by atoms with E-state index in [1.54, 1.807) is 22.6 Å². The van der Waals surface area contributed by atoms with Crippen LogP contribution >= 0.6 is 79.4 Å². The minimum atomic E-state index is -1.20. The zero-order valence-electron chi connectivity index (χ0n) is 10.2. The predicted octanol–water partition coefficient (Wildman–Crippen LogP) is 2.91. The number of hydrogen-bond acceptors (Lipinski definition) is 4. The molecular formula is C11H9ClI3NO5. The lowest BCUT2D eigenvalue weighted by molar-refractivity contribution is 0.0694. The van der Waals surface area contributed by atoms with Crippen LogP contribution < -0.4 is 5.32 Å². The Balaban J connectivity index is 3.48. The molecule has 1 aromatic carbocycles. The molecule has 116 valence electrons. The van der Waals surface area contributed by atoms with Crippen molar-refractivity contribution < 1.29 is 24.9 Å². The summed E-state index contributed by atoms with van der Waals surface area (Å²) in [6.07, 6.45) is -0.820. The van der Waals surface area contributed by atoms with Gasteiger partial charge in [-0.15, -0.1) is 11.6 Å². The second kappa shape index (κ2) is 8.31. The summed E-state index contributed by atoms with van der Waals surface area (Å²) in [7, 11) is 0. The number of carboxylic acid groups (broad SMARTS) is 2. The van der Waals surface area contributed by atoms with Crippen molar-refractivity contribution in [2.24, 2.45) is 0 Å². The first-order chi connectivity index (χ1) is 9.72. The van der Waals surface area contributed by atoms with Crippen LogP contribution in [0.4, 0.5) is 5.69 Å². The Morgan fingerprint density at radius 2 is 1.48 bits per heavy atom. The number of rotatable bonds is 6. The molecule has 1 atom stereocenters. The molecule has 0 aliphatic rings. The first kappa shape index (κ1) is 19.4. The van der Waals surface area contributed by atoms with Crippen molar-refractivity contribution in [3.63, 3.8) is 0 Å². The minimum absolute atomic E-state index is 0.0160. The number of carbonyl (C=O) groups is 2. The van der Waals surface area contributed by atoms with Gasteiger partial charge in [-0.25, -0.2) is 9.59 Å². The van der Waals surface area contributed by atoms with Crippen LogP contribution in [0.15, 0.2) is 0 Å². The van der Waals surface area contributed by atoms with E-state index >= 15 is 0 Å². The number of halogens is 4. The zero-order chi connectivity index (χ0) is 16.3. The molecule has 0 aliphatic carbocycles. The largest absolute Gasteiger partial charge is 0.478 e. The van der Waals surface area contributed by atoms with Gasteiger partial charge in [-0.1, -0.05) is 0 Å². The third-order valence-electron chi connectivity index (χ3n) is 2.44. The standard InChI is InChI=1S/C11H9ClI3NO5/c12-1-3(17)2-16-9-7(14)4(10(18)19)6(13)5(8(9)15)11(20)21/h3,16-17H,1-2H2,(H,18,19)(H,20,21). The van der Waals surface area contributed by atoms with Gasteiger partial charge in [0.2, 0.25) is 0 Å². The summed E-state index contributed by atoms with van der Waals surface area (Å²) >= 11 is 10.9. The normalized spacial score (nSPS) is 12.0. The van der Waals surface area contributed by atoms with E-state index < -0.39 is 18.0 Å². The summed E-state index contributed by atoms with van der Waals surface area (Å²) in [6.45, 7) is 0.0915. The number of anilines is 1. The van der Waals surface area contributed by atoms with Crippen molar-refractivity contribution in [3.8, 4) is 0 Å². The number of nitrogens with one attached hydrogen (secondary N) is 1. The van der Waals surface area contributed by atoms with E-state index in [1.807, 2.05) is 45.2 Å². The number of benzene rings is 1. The van der Waals surface area contributed by atoms with E-state index in [0.29, 0.717) is 12.8 Å². The smallest absolute Gasteiger partial charge is 0.337 e. The SMILES string of the molecule is O=C(O)c1c(I)c(NCC(O)CCl)c(I)c(C(=O)O)c1I. The molecule has 0 radical (unpaired) electrons. The number of aromatic carboxylic acids is 2. The topological polar surface area (TPSA) is 107 Å². The maximum Gasteiger partial charge on any atom is 0.337 e. The lowest BCUT2D eigenvalue weighted by atomic mass is 10.1. The maximum atomic E-state index is 11.4. The second-order valence-electron chi connectivity index (χ2n) is 3.87. The first-order valence-electron chi connectivity index (χ1n) is 5.37.